The van der Waals surface area contributed by atoms with Gasteiger partial charge in [0.05, 0.1) is 0 Å². The fraction of sp³-hybridized carbons (Fsp3) is 0.412. The van der Waals surface area contributed by atoms with Gasteiger partial charge in [-0.3, -0.25) is 4.90 Å². The van der Waals surface area contributed by atoms with Crippen LogP contribution in [0.25, 0.3) is 0 Å². The summed E-state index contributed by atoms with van der Waals surface area (Å²) in [5.74, 6) is 0. The summed E-state index contributed by atoms with van der Waals surface area (Å²) in [4.78, 5) is 5.84. The number of hydrogen-bond donors (Lipinski definition) is 1. The van der Waals surface area contributed by atoms with E-state index < -0.39 is 0 Å². The molecule has 2 unspecified atom stereocenters. The van der Waals surface area contributed by atoms with Gasteiger partial charge in [0.1, 0.15) is 0 Å². The van der Waals surface area contributed by atoms with Crippen molar-refractivity contribution in [3.8, 4) is 0 Å². The highest BCUT2D eigenvalue weighted by atomic mass is 32.1. The summed E-state index contributed by atoms with van der Waals surface area (Å²) in [6.45, 7) is 2.86. The first-order valence-corrected chi connectivity index (χ1v) is 8.15. The Hall–Kier alpha value is -1.36. The van der Waals surface area contributed by atoms with Crippen LogP contribution in [0.2, 0.25) is 0 Å². The molecule has 0 aliphatic heterocycles. The molecule has 3 nitrogen and oxygen atoms in total. The predicted octanol–water partition coefficient (Wildman–Crippen LogP) is 3.51. The SMILES string of the molecule is CC(c1cccs1)N(C)C(CN)c1ccc(N(C)C)cc1. The van der Waals surface area contributed by atoms with Crippen LogP contribution < -0.4 is 10.6 Å². The highest BCUT2D eigenvalue weighted by Gasteiger charge is 2.22. The van der Waals surface area contributed by atoms with Crippen molar-refractivity contribution < 1.29 is 0 Å². The summed E-state index contributed by atoms with van der Waals surface area (Å²) in [7, 11) is 6.27. The summed E-state index contributed by atoms with van der Waals surface area (Å²) in [6.07, 6.45) is 0. The molecule has 0 bridgehead atoms. The van der Waals surface area contributed by atoms with Gasteiger partial charge >= 0.3 is 0 Å². The van der Waals surface area contributed by atoms with Crippen LogP contribution >= 0.6 is 11.3 Å². The van der Waals surface area contributed by atoms with Gasteiger partial charge in [0.15, 0.2) is 0 Å². The third-order valence-corrected chi connectivity index (χ3v) is 5.12. The largest absolute Gasteiger partial charge is 0.378 e. The van der Waals surface area contributed by atoms with Crippen molar-refractivity contribution in [1.29, 1.82) is 0 Å². The lowest BCUT2D eigenvalue weighted by Gasteiger charge is -2.32. The van der Waals surface area contributed by atoms with Crippen LogP contribution in [0.5, 0.6) is 0 Å². The van der Waals surface area contributed by atoms with E-state index in [2.05, 4.69) is 79.6 Å². The molecule has 1 heterocycles. The molecular weight excluding hydrogens is 278 g/mol. The van der Waals surface area contributed by atoms with Crippen LogP contribution in [0.15, 0.2) is 41.8 Å². The van der Waals surface area contributed by atoms with E-state index in [4.69, 9.17) is 5.73 Å². The fourth-order valence-corrected chi connectivity index (χ4v) is 3.37. The Morgan fingerprint density at radius 1 is 1.10 bits per heavy atom. The molecule has 0 saturated heterocycles. The molecule has 2 N–H and O–H groups in total. The van der Waals surface area contributed by atoms with Crippen LogP contribution in [0, 0.1) is 0 Å². The van der Waals surface area contributed by atoms with E-state index in [1.165, 1.54) is 16.1 Å². The van der Waals surface area contributed by atoms with Crippen LogP contribution in [0.4, 0.5) is 5.69 Å². The first-order valence-electron chi connectivity index (χ1n) is 7.27. The molecule has 1 aromatic heterocycles. The van der Waals surface area contributed by atoms with Crippen LogP contribution in [-0.2, 0) is 0 Å². The Kier molecular flexibility index (Phi) is 5.39. The maximum atomic E-state index is 6.05. The Morgan fingerprint density at radius 3 is 2.24 bits per heavy atom. The maximum Gasteiger partial charge on any atom is 0.0473 e. The summed E-state index contributed by atoms with van der Waals surface area (Å²) in [5, 5.41) is 2.13. The Morgan fingerprint density at radius 2 is 1.76 bits per heavy atom. The number of rotatable bonds is 6. The second kappa shape index (κ2) is 7.07. The molecule has 2 rings (SSSR count). The molecule has 21 heavy (non-hydrogen) atoms. The quantitative estimate of drug-likeness (QED) is 0.886. The number of hydrogen-bond acceptors (Lipinski definition) is 4. The molecule has 114 valence electrons. The molecule has 2 aromatic rings. The minimum atomic E-state index is 0.235. The van der Waals surface area contributed by atoms with Crippen molar-refractivity contribution in [3.05, 3.63) is 52.2 Å². The summed E-state index contributed by atoms with van der Waals surface area (Å²) >= 11 is 1.80. The molecule has 0 fully saturated rings. The monoisotopic (exact) mass is 303 g/mol. The lowest BCUT2D eigenvalue weighted by atomic mass is 10.0. The van der Waals surface area contributed by atoms with E-state index in [-0.39, 0.29) is 6.04 Å². The number of nitrogens with zero attached hydrogens (tertiary/aromatic N) is 2. The van der Waals surface area contributed by atoms with Crippen LogP contribution in [0.1, 0.15) is 29.4 Å². The van der Waals surface area contributed by atoms with Crippen LogP contribution in [-0.4, -0.2) is 32.6 Å². The summed E-state index contributed by atoms with van der Waals surface area (Å²) < 4.78 is 0. The zero-order valence-electron chi connectivity index (χ0n) is 13.3. The molecule has 0 aliphatic rings. The minimum Gasteiger partial charge on any atom is -0.378 e. The zero-order chi connectivity index (χ0) is 15.4. The second-order valence-electron chi connectivity index (χ2n) is 5.59. The molecule has 0 saturated carbocycles. The standard InChI is InChI=1S/C17H25N3S/c1-13(17-6-5-11-21-17)20(4)16(12-18)14-7-9-15(10-8-14)19(2)3/h5-11,13,16H,12,18H2,1-4H3. The van der Waals surface area contributed by atoms with Gasteiger partial charge in [0.25, 0.3) is 0 Å². The first-order chi connectivity index (χ1) is 10.0. The molecule has 0 radical (unpaired) electrons. The van der Waals surface area contributed by atoms with Crippen molar-refractivity contribution in [1.82, 2.24) is 4.90 Å². The molecule has 0 spiro atoms. The predicted molar refractivity (Wildman–Crippen MR) is 93.1 cm³/mol. The smallest absolute Gasteiger partial charge is 0.0473 e. The van der Waals surface area contributed by atoms with Crippen molar-refractivity contribution in [2.24, 2.45) is 5.73 Å². The van der Waals surface area contributed by atoms with Crippen LogP contribution in [0.3, 0.4) is 0 Å². The van der Waals surface area contributed by atoms with Gasteiger partial charge in [0, 0.05) is 43.3 Å². The topological polar surface area (TPSA) is 32.5 Å². The normalized spacial score (nSPS) is 14.2. The molecule has 0 aliphatic carbocycles. The molecule has 4 heteroatoms. The van der Waals surface area contributed by atoms with E-state index in [9.17, 15) is 0 Å². The first kappa shape index (κ1) is 16.0. The van der Waals surface area contributed by atoms with Gasteiger partial charge in [0.2, 0.25) is 0 Å². The minimum absolute atomic E-state index is 0.235. The average molecular weight is 303 g/mol. The lowest BCUT2D eigenvalue weighted by Crippen LogP contribution is -2.32. The van der Waals surface area contributed by atoms with E-state index in [0.717, 1.165) is 0 Å². The number of thiophene rings is 1. The van der Waals surface area contributed by atoms with E-state index in [1.54, 1.807) is 11.3 Å². The van der Waals surface area contributed by atoms with Gasteiger partial charge in [-0.1, -0.05) is 18.2 Å². The van der Waals surface area contributed by atoms with Crippen molar-refractivity contribution in [2.45, 2.75) is 19.0 Å². The van der Waals surface area contributed by atoms with Gasteiger partial charge in [-0.2, -0.15) is 0 Å². The van der Waals surface area contributed by atoms with E-state index in [0.29, 0.717) is 12.6 Å². The third kappa shape index (κ3) is 3.64. The highest BCUT2D eigenvalue weighted by molar-refractivity contribution is 7.10. The van der Waals surface area contributed by atoms with Gasteiger partial charge in [-0.05, 0) is 43.1 Å². The van der Waals surface area contributed by atoms with Gasteiger partial charge in [-0.25, -0.2) is 0 Å². The molecule has 0 amide bonds. The Balaban J connectivity index is 2.18. The molecular formula is C17H25N3S. The third-order valence-electron chi connectivity index (χ3n) is 4.07. The maximum absolute atomic E-state index is 6.05. The van der Waals surface area contributed by atoms with Crippen molar-refractivity contribution >= 4 is 17.0 Å². The summed E-state index contributed by atoms with van der Waals surface area (Å²) in [5.41, 5.74) is 8.53. The van der Waals surface area contributed by atoms with Gasteiger partial charge in [-0.15, -0.1) is 11.3 Å². The lowest BCUT2D eigenvalue weighted by molar-refractivity contribution is 0.193. The molecule has 1 aromatic carbocycles. The number of benzene rings is 1. The molecule has 2 atom stereocenters. The summed E-state index contributed by atoms with van der Waals surface area (Å²) in [6, 6.07) is 13.6. The van der Waals surface area contributed by atoms with E-state index in [1.807, 2.05) is 0 Å². The number of nitrogens with two attached hydrogens (primary N) is 1. The van der Waals surface area contributed by atoms with Gasteiger partial charge < -0.3 is 10.6 Å². The fourth-order valence-electron chi connectivity index (χ4n) is 2.53. The Labute approximate surface area is 132 Å². The zero-order valence-corrected chi connectivity index (χ0v) is 14.1. The number of likely N-dealkylation sites (N-methyl/N-ethyl adjacent to an activating group) is 1. The second-order valence-corrected chi connectivity index (χ2v) is 6.57. The van der Waals surface area contributed by atoms with E-state index >= 15 is 0 Å². The Bertz CT molecular complexity index is 534. The van der Waals surface area contributed by atoms with Crippen molar-refractivity contribution in [2.75, 3.05) is 32.6 Å². The highest BCUT2D eigenvalue weighted by Crippen LogP contribution is 2.31. The average Bonchev–Trinajstić information content (AvgIpc) is 3.01. The van der Waals surface area contributed by atoms with Crippen molar-refractivity contribution in [3.63, 3.8) is 0 Å². The number of anilines is 1.